The van der Waals surface area contributed by atoms with Crippen LogP contribution < -0.4 is 5.32 Å². The van der Waals surface area contributed by atoms with Crippen LogP contribution in [0.25, 0.3) is 0 Å². The lowest BCUT2D eigenvalue weighted by molar-refractivity contribution is 0.199. The van der Waals surface area contributed by atoms with Crippen molar-refractivity contribution >= 4 is 34.7 Å². The van der Waals surface area contributed by atoms with Crippen molar-refractivity contribution in [2.75, 3.05) is 11.2 Å². The van der Waals surface area contributed by atoms with Crippen molar-refractivity contribution in [2.24, 2.45) is 0 Å². The lowest BCUT2D eigenvalue weighted by atomic mass is 10.1. The predicted molar refractivity (Wildman–Crippen MR) is 80.7 cm³/mol. The van der Waals surface area contributed by atoms with E-state index in [1.807, 2.05) is 24.3 Å². The second kappa shape index (κ2) is 5.45. The monoisotopic (exact) mass is 291 g/mol. The fraction of sp³-hybridized carbons (Fsp3) is 0.200. The van der Waals surface area contributed by atoms with Crippen LogP contribution in [0.5, 0.6) is 0 Å². The van der Waals surface area contributed by atoms with Crippen molar-refractivity contribution in [3.8, 4) is 0 Å². The quantitative estimate of drug-likeness (QED) is 0.715. The number of hydrogen-bond donors (Lipinski definition) is 2. The number of para-hydroxylation sites is 2. The molecule has 1 atom stereocenters. The van der Waals surface area contributed by atoms with Crippen LogP contribution >= 0.6 is 23.4 Å². The van der Waals surface area contributed by atoms with Crippen molar-refractivity contribution in [1.29, 1.82) is 0 Å². The van der Waals surface area contributed by atoms with Gasteiger partial charge < -0.3 is 10.4 Å². The van der Waals surface area contributed by atoms with Gasteiger partial charge in [-0.05, 0) is 23.8 Å². The lowest BCUT2D eigenvalue weighted by Crippen LogP contribution is -2.14. The molecule has 2 aromatic rings. The van der Waals surface area contributed by atoms with Gasteiger partial charge in [0.1, 0.15) is 0 Å². The number of hydrogen-bond acceptors (Lipinski definition) is 3. The molecule has 0 fully saturated rings. The van der Waals surface area contributed by atoms with E-state index in [1.165, 1.54) is 9.79 Å². The first-order valence-corrected chi connectivity index (χ1v) is 7.53. The summed E-state index contributed by atoms with van der Waals surface area (Å²) in [5, 5.41) is 13.2. The Hall–Kier alpha value is -1.16. The number of aliphatic hydroxyl groups is 1. The molecule has 2 nitrogen and oxygen atoms in total. The Morgan fingerprint density at radius 2 is 1.89 bits per heavy atom. The molecule has 2 N–H and O–H groups in total. The van der Waals surface area contributed by atoms with E-state index in [-0.39, 0.29) is 5.88 Å². The maximum Gasteiger partial charge on any atom is 0.0716 e. The number of benzene rings is 2. The highest BCUT2D eigenvalue weighted by molar-refractivity contribution is 7.99. The first-order valence-electron chi connectivity index (χ1n) is 6.18. The number of alkyl halides is 1. The van der Waals surface area contributed by atoms with Crippen LogP contribution in [0.4, 0.5) is 11.4 Å². The molecule has 1 aliphatic heterocycles. The van der Waals surface area contributed by atoms with E-state index in [2.05, 4.69) is 23.5 Å². The average Bonchev–Trinajstić information content (AvgIpc) is 2.45. The molecule has 0 radical (unpaired) electrons. The van der Waals surface area contributed by atoms with E-state index in [1.54, 1.807) is 11.8 Å². The molecule has 1 aliphatic rings. The number of rotatable bonds is 3. The number of fused-ring (bicyclic) bond motifs is 2. The zero-order chi connectivity index (χ0) is 13.2. The van der Waals surface area contributed by atoms with Gasteiger partial charge in [-0.2, -0.15) is 0 Å². The summed E-state index contributed by atoms with van der Waals surface area (Å²) in [5.74, 6) is 0.257. The zero-order valence-electron chi connectivity index (χ0n) is 10.3. The Morgan fingerprint density at radius 3 is 2.74 bits per heavy atom. The van der Waals surface area contributed by atoms with Crippen molar-refractivity contribution in [3.63, 3.8) is 0 Å². The molecule has 1 heterocycles. The maximum absolute atomic E-state index is 9.74. The predicted octanol–water partition coefficient (Wildman–Crippen LogP) is 4.04. The molecule has 0 spiro atoms. The minimum Gasteiger partial charge on any atom is -0.392 e. The highest BCUT2D eigenvalue weighted by Gasteiger charge is 2.18. The largest absolute Gasteiger partial charge is 0.392 e. The van der Waals surface area contributed by atoms with Crippen molar-refractivity contribution in [1.82, 2.24) is 0 Å². The molecule has 0 aliphatic carbocycles. The van der Waals surface area contributed by atoms with Gasteiger partial charge in [-0.1, -0.05) is 36.0 Å². The molecule has 0 amide bonds. The summed E-state index contributed by atoms with van der Waals surface area (Å²) in [6.07, 6.45) is 0.0692. The summed E-state index contributed by atoms with van der Waals surface area (Å²) in [4.78, 5) is 2.42. The highest BCUT2D eigenvalue weighted by atomic mass is 35.5. The third-order valence-electron chi connectivity index (χ3n) is 3.11. The van der Waals surface area contributed by atoms with Gasteiger partial charge in [-0.25, -0.2) is 0 Å². The number of anilines is 2. The fourth-order valence-electron chi connectivity index (χ4n) is 2.19. The molecule has 1 unspecified atom stereocenters. The molecule has 0 saturated carbocycles. The Kier molecular flexibility index (Phi) is 3.69. The molecular formula is C15H14ClNOS. The molecule has 0 aromatic heterocycles. The normalized spacial score (nSPS) is 14.2. The Balaban J connectivity index is 1.96. The summed E-state index contributed by atoms with van der Waals surface area (Å²) >= 11 is 7.44. The van der Waals surface area contributed by atoms with Gasteiger partial charge in [-0.3, -0.25) is 0 Å². The van der Waals surface area contributed by atoms with Crippen LogP contribution in [-0.2, 0) is 6.42 Å². The first kappa shape index (κ1) is 12.9. The van der Waals surface area contributed by atoms with Gasteiger partial charge >= 0.3 is 0 Å². The average molecular weight is 292 g/mol. The van der Waals surface area contributed by atoms with E-state index >= 15 is 0 Å². The summed E-state index contributed by atoms with van der Waals surface area (Å²) < 4.78 is 0. The van der Waals surface area contributed by atoms with E-state index in [0.717, 1.165) is 16.9 Å². The number of nitrogens with one attached hydrogen (secondary N) is 1. The summed E-state index contributed by atoms with van der Waals surface area (Å²) in [5.41, 5.74) is 3.32. The van der Waals surface area contributed by atoms with Crippen LogP contribution in [0.15, 0.2) is 52.3 Å². The van der Waals surface area contributed by atoms with Gasteiger partial charge in [-0.15, -0.1) is 11.6 Å². The van der Waals surface area contributed by atoms with E-state index < -0.39 is 6.10 Å². The van der Waals surface area contributed by atoms with Gasteiger partial charge in [0.05, 0.1) is 17.5 Å². The van der Waals surface area contributed by atoms with Crippen LogP contribution in [0.3, 0.4) is 0 Å². The standard InChI is InChI=1S/C15H14ClNOS/c16-9-11(18)8-10-4-3-7-14-15(10)17-12-5-1-2-6-13(12)19-14/h1-7,11,17-18H,8-9H2. The van der Waals surface area contributed by atoms with Crippen molar-refractivity contribution in [2.45, 2.75) is 22.3 Å². The Bertz CT molecular complexity index is 602. The molecule has 4 heteroatoms. The van der Waals surface area contributed by atoms with Gasteiger partial charge in [0.25, 0.3) is 0 Å². The lowest BCUT2D eigenvalue weighted by Gasteiger charge is -2.23. The second-order valence-corrected chi connectivity index (χ2v) is 5.92. The van der Waals surface area contributed by atoms with Crippen molar-refractivity contribution < 1.29 is 5.11 Å². The first-order chi connectivity index (χ1) is 9.28. The Morgan fingerprint density at radius 1 is 1.11 bits per heavy atom. The summed E-state index contributed by atoms with van der Waals surface area (Å²) in [6, 6.07) is 14.4. The molecule has 19 heavy (non-hydrogen) atoms. The summed E-state index contributed by atoms with van der Waals surface area (Å²) in [7, 11) is 0. The smallest absolute Gasteiger partial charge is 0.0716 e. The van der Waals surface area contributed by atoms with E-state index in [4.69, 9.17) is 11.6 Å². The number of halogens is 1. The maximum atomic E-state index is 9.74. The van der Waals surface area contributed by atoms with Crippen LogP contribution in [-0.4, -0.2) is 17.1 Å². The van der Waals surface area contributed by atoms with Crippen LogP contribution in [0.1, 0.15) is 5.56 Å². The van der Waals surface area contributed by atoms with Crippen LogP contribution in [0.2, 0.25) is 0 Å². The SMILES string of the molecule is OC(CCl)Cc1cccc2c1Nc1ccccc1S2. The van der Waals surface area contributed by atoms with Gasteiger partial charge in [0, 0.05) is 22.1 Å². The van der Waals surface area contributed by atoms with Crippen LogP contribution in [0, 0.1) is 0 Å². The fourth-order valence-corrected chi connectivity index (χ4v) is 3.35. The topological polar surface area (TPSA) is 32.3 Å². The van der Waals surface area contributed by atoms with Gasteiger partial charge in [0.15, 0.2) is 0 Å². The minimum atomic E-state index is -0.503. The molecule has 0 saturated heterocycles. The van der Waals surface area contributed by atoms with E-state index in [9.17, 15) is 5.11 Å². The van der Waals surface area contributed by atoms with E-state index in [0.29, 0.717) is 6.42 Å². The Labute approximate surface area is 121 Å². The molecule has 3 rings (SSSR count). The molecular weight excluding hydrogens is 278 g/mol. The molecule has 0 bridgehead atoms. The molecule has 98 valence electrons. The third-order valence-corrected chi connectivity index (χ3v) is 4.61. The third kappa shape index (κ3) is 2.59. The second-order valence-electron chi connectivity index (χ2n) is 4.53. The minimum absolute atomic E-state index is 0.257. The van der Waals surface area contributed by atoms with Crippen molar-refractivity contribution in [3.05, 3.63) is 48.0 Å². The zero-order valence-corrected chi connectivity index (χ0v) is 11.8. The van der Waals surface area contributed by atoms with Gasteiger partial charge in [0.2, 0.25) is 0 Å². The molecule has 2 aromatic carbocycles. The summed E-state index contributed by atoms with van der Waals surface area (Å²) in [6.45, 7) is 0. The number of aliphatic hydroxyl groups excluding tert-OH is 1. The highest BCUT2D eigenvalue weighted by Crippen LogP contribution is 2.45.